The Morgan fingerprint density at radius 3 is 1.07 bits per heavy atom. The monoisotopic (exact) mass is 834 g/mol. The zero-order valence-electron chi connectivity index (χ0n) is 29.3. The molecule has 0 spiro atoms. The first-order valence-corrected chi connectivity index (χ1v) is 21.5. The first-order valence-electron chi connectivity index (χ1n) is 18.3. The summed E-state index contributed by atoms with van der Waals surface area (Å²) < 4.78 is 21.3. The molecule has 9 heteroatoms. The predicted octanol–water partition coefficient (Wildman–Crippen LogP) is 9.37. The van der Waals surface area contributed by atoms with E-state index in [1.54, 1.807) is 0 Å². The van der Waals surface area contributed by atoms with Gasteiger partial charge in [-0.15, -0.1) is 0 Å². The third-order valence-corrected chi connectivity index (χ3v) is 10.8. The van der Waals surface area contributed by atoms with Gasteiger partial charge in [0, 0.05) is 0 Å². The van der Waals surface area contributed by atoms with Gasteiger partial charge in [-0.1, -0.05) is 66.2 Å². The molecule has 0 bridgehead atoms. The maximum atomic E-state index is 11.9. The molecule has 0 saturated carbocycles. The van der Waals surface area contributed by atoms with Gasteiger partial charge in [-0.25, -0.2) is 0 Å². The van der Waals surface area contributed by atoms with Gasteiger partial charge >= 0.3 is 186 Å². The Morgan fingerprint density at radius 2 is 0.756 bits per heavy atom. The van der Waals surface area contributed by atoms with Crippen LogP contribution in [0.3, 0.4) is 0 Å². The maximum absolute atomic E-state index is 11.9. The van der Waals surface area contributed by atoms with Crippen molar-refractivity contribution in [3.8, 4) is 0 Å². The van der Waals surface area contributed by atoms with E-state index in [1.165, 1.54) is 25.7 Å². The molecular weight excluding hydrogens is 768 g/mol. The third kappa shape index (κ3) is 29.9. The molecule has 2 radical (unpaired) electrons. The van der Waals surface area contributed by atoms with Crippen molar-refractivity contribution in [1.29, 1.82) is 0 Å². The Balaban J connectivity index is 3.54. The van der Waals surface area contributed by atoms with E-state index >= 15 is 0 Å². The van der Waals surface area contributed by atoms with Crippen molar-refractivity contribution in [3.05, 3.63) is 0 Å². The normalized spacial score (nSPS) is 12.4. The van der Waals surface area contributed by atoms with Crippen LogP contribution in [-0.2, 0) is 34.0 Å². The molecule has 0 aromatic rings. The zero-order chi connectivity index (χ0) is 33.4. The van der Waals surface area contributed by atoms with E-state index in [-0.39, 0.29) is 23.9 Å². The minimum Gasteiger partial charge on any atom is -0.0654 e. The van der Waals surface area contributed by atoms with Gasteiger partial charge in [0.25, 0.3) is 0 Å². The predicted molar refractivity (Wildman–Crippen MR) is 180 cm³/mol. The van der Waals surface area contributed by atoms with Crippen LogP contribution in [0.2, 0.25) is 0 Å². The number of carbonyl (C=O) groups excluding carboxylic acids is 4. The molecule has 45 heavy (non-hydrogen) atoms. The van der Waals surface area contributed by atoms with Gasteiger partial charge < -0.3 is 0 Å². The number of rotatable bonds is 32. The van der Waals surface area contributed by atoms with Crippen LogP contribution in [0.5, 0.6) is 0 Å². The van der Waals surface area contributed by atoms with Crippen molar-refractivity contribution in [3.63, 3.8) is 0 Å². The summed E-state index contributed by atoms with van der Waals surface area (Å²) in [4.78, 5) is 47.7. The summed E-state index contributed by atoms with van der Waals surface area (Å²) in [5.74, 6) is 0.280. The fraction of sp³-hybridized carbons (Fsp3) is 0.889. The van der Waals surface area contributed by atoms with Gasteiger partial charge in [-0.05, 0) is 24.7 Å². The minimum absolute atomic E-state index is 0.0835. The van der Waals surface area contributed by atoms with Crippen LogP contribution < -0.4 is 0 Å². The number of unbranched alkanes of at least 4 members (excludes halogenated alkanes) is 12. The second-order valence-electron chi connectivity index (χ2n) is 12.5. The fourth-order valence-corrected chi connectivity index (χ4v) is 6.75. The molecular formula is C36H66O8Pb. The molecule has 0 aliphatic carbocycles. The second-order valence-corrected chi connectivity index (χ2v) is 14.7. The molecule has 0 rings (SSSR count). The standard InChI is InChI=1S/2C18H34O4.Pb/c2*1-3-5-12-16(4-2)15-22-18(21)14-11-9-7-6-8-10-13-17(19)20;/h2*16H,3-15H2,1-2H3,(H,19,20);/q;;+2/p-2. The van der Waals surface area contributed by atoms with Gasteiger partial charge in [0.1, 0.15) is 0 Å². The fourth-order valence-electron chi connectivity index (χ4n) is 5.07. The summed E-state index contributed by atoms with van der Waals surface area (Å²) in [5, 5.41) is 0. The van der Waals surface area contributed by atoms with Crippen LogP contribution in [0.1, 0.15) is 182 Å². The molecule has 0 N–H and O–H groups in total. The van der Waals surface area contributed by atoms with Crippen LogP contribution in [0.25, 0.3) is 0 Å². The number of hydrogen-bond acceptors (Lipinski definition) is 8. The van der Waals surface area contributed by atoms with Crippen molar-refractivity contribution in [2.24, 2.45) is 11.8 Å². The first kappa shape index (κ1) is 43.8. The molecule has 0 aromatic heterocycles. The molecule has 0 aromatic carbocycles. The van der Waals surface area contributed by atoms with Gasteiger partial charge in [-0.2, -0.15) is 0 Å². The summed E-state index contributed by atoms with van der Waals surface area (Å²) in [6.07, 6.45) is 22.1. The van der Waals surface area contributed by atoms with Crippen LogP contribution in [0.15, 0.2) is 0 Å². The third-order valence-electron chi connectivity index (χ3n) is 8.38. The Bertz CT molecular complexity index is 685. The molecule has 8 nitrogen and oxygen atoms in total. The Labute approximate surface area is 288 Å². The van der Waals surface area contributed by atoms with E-state index in [0.717, 1.165) is 103 Å². The van der Waals surface area contributed by atoms with Crippen molar-refractivity contribution in [1.82, 2.24) is 0 Å². The topological polar surface area (TPSA) is 105 Å². The summed E-state index contributed by atoms with van der Waals surface area (Å²) in [6.45, 7) is 9.77. The van der Waals surface area contributed by atoms with Crippen LogP contribution in [0, 0.1) is 11.8 Å². The summed E-state index contributed by atoms with van der Waals surface area (Å²) >= 11 is -2.14. The average Bonchev–Trinajstić information content (AvgIpc) is 3.03. The van der Waals surface area contributed by atoms with E-state index in [0.29, 0.717) is 50.7 Å². The van der Waals surface area contributed by atoms with Crippen molar-refractivity contribution >= 4 is 49.0 Å². The molecule has 0 aliphatic rings. The molecule has 0 fully saturated rings. The molecule has 2 unspecified atom stereocenters. The Morgan fingerprint density at radius 1 is 0.444 bits per heavy atom. The second kappa shape index (κ2) is 32.7. The van der Waals surface area contributed by atoms with E-state index in [1.807, 2.05) is 0 Å². The van der Waals surface area contributed by atoms with Crippen LogP contribution >= 0.6 is 0 Å². The SMILES string of the molecule is CCCCC(CC)COC(=O)CCCCCCCCC(=O)[O][Pb][O]C(=O)CCCCCCCCC(=O)OCC(CC)CCCC. The van der Waals surface area contributed by atoms with E-state index < -0.39 is 25.1 Å². The molecule has 0 saturated heterocycles. The quantitative estimate of drug-likeness (QED) is 0.0375. The number of hydrogen-bond donors (Lipinski definition) is 0. The number of esters is 2. The van der Waals surface area contributed by atoms with Gasteiger partial charge in [0.15, 0.2) is 0 Å². The van der Waals surface area contributed by atoms with Crippen LogP contribution in [0.4, 0.5) is 0 Å². The molecule has 0 heterocycles. The van der Waals surface area contributed by atoms with Gasteiger partial charge in [0.05, 0.1) is 13.2 Å². The smallest absolute Gasteiger partial charge is 0.0654 e. The minimum atomic E-state index is -2.14. The molecule has 262 valence electrons. The van der Waals surface area contributed by atoms with Gasteiger partial charge in [0.2, 0.25) is 0 Å². The van der Waals surface area contributed by atoms with E-state index in [2.05, 4.69) is 27.7 Å². The van der Waals surface area contributed by atoms with Crippen molar-refractivity contribution < 1.29 is 34.0 Å². The summed E-state index contributed by atoms with van der Waals surface area (Å²) in [5.41, 5.74) is 0. The molecule has 0 amide bonds. The number of carbonyl (C=O) groups is 4. The first-order chi connectivity index (χ1) is 21.9. The zero-order valence-corrected chi connectivity index (χ0v) is 33.2. The van der Waals surface area contributed by atoms with Crippen molar-refractivity contribution in [2.75, 3.05) is 13.2 Å². The van der Waals surface area contributed by atoms with Gasteiger partial charge in [-0.3, -0.25) is 0 Å². The molecule has 2 atom stereocenters. The van der Waals surface area contributed by atoms with E-state index in [9.17, 15) is 19.2 Å². The van der Waals surface area contributed by atoms with Crippen molar-refractivity contribution in [2.45, 2.75) is 182 Å². The van der Waals surface area contributed by atoms with Crippen LogP contribution in [-0.4, -0.2) is 62.2 Å². The molecule has 0 aliphatic heterocycles. The Kier molecular flexibility index (Phi) is 31.9. The summed E-state index contributed by atoms with van der Waals surface area (Å²) in [6, 6.07) is 0. The van der Waals surface area contributed by atoms with E-state index in [4.69, 9.17) is 14.8 Å². The summed E-state index contributed by atoms with van der Waals surface area (Å²) in [7, 11) is 0. The number of ether oxygens (including phenoxy) is 2. The average molecular weight is 834 g/mol. The Hall–Kier alpha value is -1.20.